The van der Waals surface area contributed by atoms with Crippen molar-refractivity contribution in [1.82, 2.24) is 0 Å². The molecule has 13 heteroatoms. The molecule has 0 unspecified atom stereocenters. The lowest BCUT2D eigenvalue weighted by molar-refractivity contribution is -0.127. The summed E-state index contributed by atoms with van der Waals surface area (Å²) in [6, 6.07) is 24.8. The van der Waals surface area contributed by atoms with Crippen molar-refractivity contribution in [3.8, 4) is 17.2 Å². The predicted octanol–water partition coefficient (Wildman–Crippen LogP) is 4.11. The fourth-order valence-electron chi connectivity index (χ4n) is 9.28. The number of carbonyl (C=O) groups excluding carboxylic acids is 4. The Bertz CT molecular complexity index is 2200. The Morgan fingerprint density at radius 3 is 2.08 bits per heavy atom. The summed E-state index contributed by atoms with van der Waals surface area (Å²) >= 11 is 6.40. The van der Waals surface area contributed by atoms with Crippen LogP contribution < -0.4 is 24.7 Å². The first-order chi connectivity index (χ1) is 25.5. The second kappa shape index (κ2) is 12.9. The standard InChI is InChI=1S/C40H34BClN2O9/c1-52-31-16-21(17-32(53-2)35(31)45)34-27-14-15-28-33(38(48)43(36(28)46)25-12-6-10-23(18-25)41(50)51)29(27)20-30-37(47)44(26-13-7-11-24(42)19-26)39(49)40(30,34)22-8-4-3-5-9-22/h3-14,16-19,28-30,33-34,45,50-51H,15,20H2,1-2H3/t28-,29+,30-,33-,34-,40+/m0/s1. The fraction of sp³-hybridized carbons (Fsp3) is 0.250. The smallest absolute Gasteiger partial charge is 0.488 e. The van der Waals surface area contributed by atoms with Crippen molar-refractivity contribution in [2.24, 2.45) is 23.7 Å². The van der Waals surface area contributed by atoms with Gasteiger partial charge < -0.3 is 24.6 Å². The molecule has 3 N–H and O–H groups in total. The number of nitrogens with zero attached hydrogens (tertiary/aromatic N) is 2. The number of methoxy groups -OCH3 is 2. The highest BCUT2D eigenvalue weighted by molar-refractivity contribution is 6.58. The molecular weight excluding hydrogens is 699 g/mol. The summed E-state index contributed by atoms with van der Waals surface area (Å²) in [4.78, 5) is 61.4. The first-order valence-electron chi connectivity index (χ1n) is 17.2. The molecule has 2 aliphatic carbocycles. The van der Waals surface area contributed by atoms with E-state index in [4.69, 9.17) is 21.1 Å². The number of benzene rings is 4. The van der Waals surface area contributed by atoms with Gasteiger partial charge in [-0.05, 0) is 77.8 Å². The topological polar surface area (TPSA) is 154 Å². The molecule has 2 saturated heterocycles. The Labute approximate surface area is 310 Å². The van der Waals surface area contributed by atoms with E-state index in [2.05, 4.69) is 0 Å². The van der Waals surface area contributed by atoms with Gasteiger partial charge in [-0.3, -0.25) is 24.1 Å². The third-order valence-electron chi connectivity index (χ3n) is 11.4. The molecule has 0 spiro atoms. The summed E-state index contributed by atoms with van der Waals surface area (Å²) in [5.41, 5.74) is 0.883. The van der Waals surface area contributed by atoms with Crippen LogP contribution in [0.2, 0.25) is 5.02 Å². The van der Waals surface area contributed by atoms with Crippen LogP contribution in [0.5, 0.6) is 17.2 Å². The van der Waals surface area contributed by atoms with Crippen molar-refractivity contribution < 1.29 is 43.8 Å². The lowest BCUT2D eigenvalue weighted by Crippen LogP contribution is -2.53. The highest BCUT2D eigenvalue weighted by atomic mass is 35.5. The van der Waals surface area contributed by atoms with Crippen LogP contribution in [-0.2, 0) is 24.6 Å². The lowest BCUT2D eigenvalue weighted by atomic mass is 9.49. The van der Waals surface area contributed by atoms with E-state index in [1.165, 1.54) is 31.3 Å². The van der Waals surface area contributed by atoms with Gasteiger partial charge in [-0.2, -0.15) is 0 Å². The number of aromatic hydroxyl groups is 1. The lowest BCUT2D eigenvalue weighted by Gasteiger charge is -2.50. The molecule has 4 aromatic rings. The molecule has 2 aliphatic heterocycles. The number of carbonyl (C=O) groups is 4. The molecule has 11 nitrogen and oxygen atoms in total. The molecule has 53 heavy (non-hydrogen) atoms. The van der Waals surface area contributed by atoms with E-state index >= 15 is 4.79 Å². The molecule has 6 atom stereocenters. The zero-order chi connectivity index (χ0) is 37.3. The zero-order valence-electron chi connectivity index (χ0n) is 28.7. The number of fused-ring (bicyclic) bond motifs is 4. The first kappa shape index (κ1) is 34.6. The van der Waals surface area contributed by atoms with Gasteiger partial charge in [-0.15, -0.1) is 0 Å². The van der Waals surface area contributed by atoms with Gasteiger partial charge in [0.05, 0.1) is 48.8 Å². The zero-order valence-corrected chi connectivity index (χ0v) is 29.4. The van der Waals surface area contributed by atoms with Crippen LogP contribution in [-0.4, -0.2) is 60.1 Å². The quantitative estimate of drug-likeness (QED) is 0.145. The number of halogens is 1. The minimum absolute atomic E-state index is 0.0780. The Hall–Kier alpha value is -5.43. The number of phenols is 1. The van der Waals surface area contributed by atoms with Crippen molar-refractivity contribution in [3.63, 3.8) is 0 Å². The van der Waals surface area contributed by atoms with Crippen LogP contribution in [0.3, 0.4) is 0 Å². The third kappa shape index (κ3) is 5.03. The van der Waals surface area contributed by atoms with Gasteiger partial charge in [-0.25, -0.2) is 4.90 Å². The van der Waals surface area contributed by atoms with E-state index in [-0.39, 0.29) is 41.2 Å². The molecule has 4 aromatic carbocycles. The molecule has 0 radical (unpaired) electrons. The minimum Gasteiger partial charge on any atom is -0.502 e. The van der Waals surface area contributed by atoms with E-state index in [0.717, 1.165) is 4.90 Å². The van der Waals surface area contributed by atoms with Crippen molar-refractivity contribution in [1.29, 1.82) is 0 Å². The number of anilines is 2. The fourth-order valence-corrected chi connectivity index (χ4v) is 9.46. The summed E-state index contributed by atoms with van der Waals surface area (Å²) in [5.74, 6) is -6.12. The Kier molecular flexibility index (Phi) is 8.44. The third-order valence-corrected chi connectivity index (χ3v) is 11.7. The molecule has 8 rings (SSSR count). The Morgan fingerprint density at radius 2 is 1.43 bits per heavy atom. The molecule has 0 bridgehead atoms. The first-order valence-corrected chi connectivity index (χ1v) is 17.6. The number of hydrogen-bond acceptors (Lipinski definition) is 9. The second-order valence-corrected chi connectivity index (χ2v) is 14.3. The monoisotopic (exact) mass is 732 g/mol. The van der Waals surface area contributed by atoms with Crippen LogP contribution in [0.15, 0.2) is 103 Å². The van der Waals surface area contributed by atoms with E-state index in [9.17, 15) is 29.5 Å². The van der Waals surface area contributed by atoms with E-state index in [0.29, 0.717) is 27.4 Å². The molecule has 0 aromatic heterocycles. The number of imide groups is 2. The minimum atomic E-state index is -1.81. The number of rotatable bonds is 7. The van der Waals surface area contributed by atoms with Crippen LogP contribution in [0.4, 0.5) is 11.4 Å². The van der Waals surface area contributed by atoms with Gasteiger partial charge in [0.1, 0.15) is 0 Å². The van der Waals surface area contributed by atoms with Gasteiger partial charge >= 0.3 is 7.12 Å². The highest BCUT2D eigenvalue weighted by Gasteiger charge is 2.70. The molecule has 3 fully saturated rings. The van der Waals surface area contributed by atoms with Gasteiger partial charge in [-0.1, -0.05) is 71.8 Å². The SMILES string of the molecule is COc1cc([C@H]2C3=CC[C@@H]4C(=O)N(c5cccc(B(O)O)c5)C(=O)[C@@H]4[C@@H]3C[C@H]3C(=O)N(c4cccc(Cl)c4)C(=O)[C@@]23c2ccccc2)cc(OC)c1O. The maximum Gasteiger partial charge on any atom is 0.488 e. The van der Waals surface area contributed by atoms with Crippen LogP contribution >= 0.6 is 11.6 Å². The van der Waals surface area contributed by atoms with Crippen molar-refractivity contribution in [2.45, 2.75) is 24.2 Å². The highest BCUT2D eigenvalue weighted by Crippen LogP contribution is 2.65. The van der Waals surface area contributed by atoms with Gasteiger partial charge in [0.25, 0.3) is 0 Å². The Morgan fingerprint density at radius 1 is 0.774 bits per heavy atom. The maximum atomic E-state index is 15.4. The largest absolute Gasteiger partial charge is 0.502 e. The average molecular weight is 733 g/mol. The molecular formula is C40H34BClN2O9. The molecule has 2 heterocycles. The Balaban J connectivity index is 1.36. The number of allylic oxidation sites excluding steroid dienone is 2. The number of hydrogen-bond donors (Lipinski definition) is 3. The van der Waals surface area contributed by atoms with Gasteiger partial charge in [0.15, 0.2) is 11.5 Å². The summed E-state index contributed by atoms with van der Waals surface area (Å²) in [5, 5.41) is 31.0. The van der Waals surface area contributed by atoms with Gasteiger partial charge in [0, 0.05) is 10.9 Å². The normalized spacial score (nSPS) is 26.2. The van der Waals surface area contributed by atoms with Gasteiger partial charge in [0.2, 0.25) is 29.4 Å². The average Bonchev–Trinajstić information content (AvgIpc) is 3.56. The summed E-state index contributed by atoms with van der Waals surface area (Å²) in [7, 11) is 0.988. The van der Waals surface area contributed by atoms with Crippen molar-refractivity contribution in [3.05, 3.63) is 119 Å². The summed E-state index contributed by atoms with van der Waals surface area (Å²) in [6.45, 7) is 0. The number of phenolic OH excluding ortho intramolecular Hbond substituents is 1. The van der Waals surface area contributed by atoms with E-state index in [1.807, 2.05) is 36.4 Å². The molecule has 268 valence electrons. The summed E-state index contributed by atoms with van der Waals surface area (Å²) in [6.07, 6.45) is 2.18. The molecule has 4 aliphatic rings. The van der Waals surface area contributed by atoms with Crippen LogP contribution in [0, 0.1) is 23.7 Å². The maximum absolute atomic E-state index is 15.4. The number of amides is 4. The van der Waals surface area contributed by atoms with E-state index in [1.54, 1.807) is 48.5 Å². The van der Waals surface area contributed by atoms with E-state index < -0.39 is 65.8 Å². The van der Waals surface area contributed by atoms with Crippen LogP contribution in [0.1, 0.15) is 29.9 Å². The summed E-state index contributed by atoms with van der Waals surface area (Å²) < 4.78 is 11.2. The molecule has 4 amide bonds. The second-order valence-electron chi connectivity index (χ2n) is 13.8. The number of ether oxygens (including phenoxy) is 2. The predicted molar refractivity (Wildman–Crippen MR) is 196 cm³/mol. The van der Waals surface area contributed by atoms with Crippen molar-refractivity contribution in [2.75, 3.05) is 24.0 Å². The molecule has 1 saturated carbocycles. The van der Waals surface area contributed by atoms with Crippen molar-refractivity contribution >= 4 is 59.2 Å². The van der Waals surface area contributed by atoms with Crippen LogP contribution in [0.25, 0.3) is 0 Å².